The minimum absolute atomic E-state index is 0.230. The van der Waals surface area contributed by atoms with Crippen molar-refractivity contribution in [2.45, 2.75) is 64.6 Å². The third kappa shape index (κ3) is 5.32. The molecule has 1 aliphatic carbocycles. The van der Waals surface area contributed by atoms with E-state index in [-0.39, 0.29) is 12.0 Å². The molecule has 20 heavy (non-hydrogen) atoms. The molecule has 0 bridgehead atoms. The lowest BCUT2D eigenvalue weighted by atomic mass is 9.76. The first kappa shape index (κ1) is 17.3. The van der Waals surface area contributed by atoms with Crippen LogP contribution in [-0.4, -0.2) is 30.2 Å². The number of nitrogens with zero attached hydrogens (tertiary/aromatic N) is 2. The van der Waals surface area contributed by atoms with Gasteiger partial charge in [0, 0.05) is 6.04 Å². The van der Waals surface area contributed by atoms with Crippen molar-refractivity contribution in [3.8, 4) is 6.07 Å². The first-order valence-electron chi connectivity index (χ1n) is 7.61. The summed E-state index contributed by atoms with van der Waals surface area (Å²) in [6.07, 6.45) is 1.07. The van der Waals surface area contributed by atoms with Crippen LogP contribution in [0.25, 0.3) is 0 Å². The zero-order valence-corrected chi connectivity index (χ0v) is 12.4. The molecule has 116 valence electrons. The van der Waals surface area contributed by atoms with Crippen LogP contribution in [0.4, 0.5) is 13.2 Å². The molecule has 0 N–H and O–H groups in total. The molecule has 1 fully saturated rings. The molecule has 0 heterocycles. The highest BCUT2D eigenvalue weighted by molar-refractivity contribution is 4.98. The van der Waals surface area contributed by atoms with Crippen LogP contribution in [-0.2, 0) is 0 Å². The Labute approximate surface area is 119 Å². The normalized spacial score (nSPS) is 27.6. The van der Waals surface area contributed by atoms with E-state index < -0.39 is 12.7 Å². The lowest BCUT2D eigenvalue weighted by Gasteiger charge is -2.40. The van der Waals surface area contributed by atoms with E-state index in [0.29, 0.717) is 18.9 Å². The van der Waals surface area contributed by atoms with Crippen molar-refractivity contribution < 1.29 is 13.2 Å². The summed E-state index contributed by atoms with van der Waals surface area (Å²) in [5.74, 6) is 0.221. The molecule has 0 aromatic carbocycles. The summed E-state index contributed by atoms with van der Waals surface area (Å²) >= 11 is 0. The van der Waals surface area contributed by atoms with E-state index in [0.717, 1.165) is 32.1 Å². The van der Waals surface area contributed by atoms with Crippen LogP contribution in [0.2, 0.25) is 0 Å². The summed E-state index contributed by atoms with van der Waals surface area (Å²) < 4.78 is 38.2. The van der Waals surface area contributed by atoms with E-state index in [9.17, 15) is 18.4 Å². The van der Waals surface area contributed by atoms with Crippen molar-refractivity contribution in [2.75, 3.05) is 13.1 Å². The Kier molecular flexibility index (Phi) is 6.81. The van der Waals surface area contributed by atoms with Gasteiger partial charge in [-0.25, -0.2) is 0 Å². The number of hydrogen-bond acceptors (Lipinski definition) is 2. The minimum atomic E-state index is -4.19. The van der Waals surface area contributed by atoms with E-state index in [1.807, 2.05) is 6.92 Å². The average molecular weight is 290 g/mol. The molecule has 1 saturated carbocycles. The van der Waals surface area contributed by atoms with Gasteiger partial charge in [0.1, 0.15) is 0 Å². The van der Waals surface area contributed by atoms with Gasteiger partial charge in [-0.15, -0.1) is 0 Å². The number of hydrogen-bond donors (Lipinski definition) is 0. The molecular weight excluding hydrogens is 265 g/mol. The Hall–Kier alpha value is -0.760. The summed E-state index contributed by atoms with van der Waals surface area (Å²) in [7, 11) is 0. The molecule has 2 nitrogen and oxygen atoms in total. The van der Waals surface area contributed by atoms with Crippen molar-refractivity contribution >= 4 is 0 Å². The maximum Gasteiger partial charge on any atom is 0.401 e. The zero-order chi connectivity index (χ0) is 15.2. The van der Waals surface area contributed by atoms with E-state index in [1.54, 1.807) is 0 Å². The highest BCUT2D eigenvalue weighted by Crippen LogP contribution is 2.35. The van der Waals surface area contributed by atoms with Crippen LogP contribution in [0.5, 0.6) is 0 Å². The topological polar surface area (TPSA) is 27.0 Å². The highest BCUT2D eigenvalue weighted by atomic mass is 19.4. The van der Waals surface area contributed by atoms with Gasteiger partial charge in [0.15, 0.2) is 0 Å². The number of halogens is 3. The van der Waals surface area contributed by atoms with Crippen molar-refractivity contribution in [3.63, 3.8) is 0 Å². The van der Waals surface area contributed by atoms with Crippen molar-refractivity contribution in [1.29, 1.82) is 5.26 Å². The van der Waals surface area contributed by atoms with Gasteiger partial charge in [-0.05, 0) is 38.1 Å². The molecule has 0 aromatic rings. The molecule has 1 rings (SSSR count). The number of rotatable bonds is 6. The van der Waals surface area contributed by atoms with Crippen molar-refractivity contribution in [1.82, 2.24) is 4.90 Å². The largest absolute Gasteiger partial charge is 0.401 e. The molecule has 0 spiro atoms. The first-order valence-corrected chi connectivity index (χ1v) is 7.61. The second-order valence-corrected chi connectivity index (χ2v) is 5.86. The second-order valence-electron chi connectivity index (χ2n) is 5.86. The quantitative estimate of drug-likeness (QED) is 0.726. The third-order valence-corrected chi connectivity index (χ3v) is 4.15. The van der Waals surface area contributed by atoms with Gasteiger partial charge in [-0.2, -0.15) is 18.4 Å². The third-order valence-electron chi connectivity index (χ3n) is 4.15. The predicted molar refractivity (Wildman–Crippen MR) is 73.1 cm³/mol. The lowest BCUT2D eigenvalue weighted by molar-refractivity contribution is -0.154. The summed E-state index contributed by atoms with van der Waals surface area (Å²) in [5, 5.41) is 9.24. The summed E-state index contributed by atoms with van der Waals surface area (Å²) in [5.41, 5.74) is 0. The fourth-order valence-corrected chi connectivity index (χ4v) is 3.34. The summed E-state index contributed by atoms with van der Waals surface area (Å²) in [4.78, 5) is 1.50. The maximum absolute atomic E-state index is 12.7. The van der Waals surface area contributed by atoms with Gasteiger partial charge in [0.2, 0.25) is 0 Å². The molecule has 0 radical (unpaired) electrons. The van der Waals surface area contributed by atoms with Crippen molar-refractivity contribution in [3.05, 3.63) is 0 Å². The fraction of sp³-hybridized carbons (Fsp3) is 0.933. The monoisotopic (exact) mass is 290 g/mol. The Balaban J connectivity index is 2.79. The first-order chi connectivity index (χ1) is 9.41. The Bertz CT molecular complexity index is 322. The molecule has 0 aromatic heterocycles. The van der Waals surface area contributed by atoms with Crippen LogP contribution in [0.1, 0.15) is 52.4 Å². The van der Waals surface area contributed by atoms with E-state index in [1.165, 1.54) is 4.90 Å². The maximum atomic E-state index is 12.7. The van der Waals surface area contributed by atoms with Gasteiger partial charge in [-0.3, -0.25) is 4.90 Å². The molecule has 5 heteroatoms. The van der Waals surface area contributed by atoms with Crippen molar-refractivity contribution in [2.24, 2.45) is 11.8 Å². The molecule has 0 aliphatic heterocycles. The average Bonchev–Trinajstić information content (AvgIpc) is 2.37. The van der Waals surface area contributed by atoms with Crippen LogP contribution >= 0.6 is 0 Å². The smallest absolute Gasteiger partial charge is 0.291 e. The molecule has 0 saturated heterocycles. The van der Waals surface area contributed by atoms with Gasteiger partial charge in [0.05, 0.1) is 18.5 Å². The fourth-order valence-electron chi connectivity index (χ4n) is 3.34. The number of alkyl halides is 3. The zero-order valence-electron chi connectivity index (χ0n) is 12.4. The Morgan fingerprint density at radius 1 is 1.20 bits per heavy atom. The summed E-state index contributed by atoms with van der Waals surface area (Å²) in [6, 6.07) is 2.00. The summed E-state index contributed by atoms with van der Waals surface area (Å²) in [6.45, 7) is 3.52. The van der Waals surface area contributed by atoms with E-state index >= 15 is 0 Å². The number of nitriles is 1. The molecule has 0 amide bonds. The van der Waals surface area contributed by atoms with Gasteiger partial charge >= 0.3 is 6.18 Å². The highest BCUT2D eigenvalue weighted by Gasteiger charge is 2.39. The van der Waals surface area contributed by atoms with Gasteiger partial charge in [-0.1, -0.05) is 26.7 Å². The van der Waals surface area contributed by atoms with E-state index in [4.69, 9.17) is 0 Å². The molecule has 1 aliphatic rings. The lowest BCUT2D eigenvalue weighted by Crippen LogP contribution is -2.48. The standard InChI is InChI=1S/C15H25F3N2/c1-3-5-12-6-7-13(10-19)14(9-12)20(8-4-2)11-15(16,17)18/h12-14H,3-9,11H2,1-2H3. The van der Waals surface area contributed by atoms with Crippen LogP contribution in [0, 0.1) is 23.2 Å². The van der Waals surface area contributed by atoms with Gasteiger partial charge in [0.25, 0.3) is 0 Å². The SMILES string of the molecule is CCCC1CCC(C#N)C(N(CCC)CC(F)(F)F)C1. The molecular formula is C15H25F3N2. The van der Waals surface area contributed by atoms with Crippen LogP contribution in [0.15, 0.2) is 0 Å². The Morgan fingerprint density at radius 3 is 2.40 bits per heavy atom. The molecule has 3 atom stereocenters. The predicted octanol–water partition coefficient (Wildman–Crippen LogP) is 4.37. The van der Waals surface area contributed by atoms with E-state index in [2.05, 4.69) is 13.0 Å². The van der Waals surface area contributed by atoms with Crippen LogP contribution in [0.3, 0.4) is 0 Å². The molecule has 3 unspecified atom stereocenters. The van der Waals surface area contributed by atoms with Gasteiger partial charge < -0.3 is 0 Å². The van der Waals surface area contributed by atoms with Crippen LogP contribution < -0.4 is 0 Å². The minimum Gasteiger partial charge on any atom is -0.291 e. The second kappa shape index (κ2) is 7.87. The Morgan fingerprint density at radius 2 is 1.90 bits per heavy atom.